The SMILES string of the molecule is CNc1sc2c(c1-c1nc3cc(C(F)(F)F)ccc3s1)CCNC2C. The van der Waals surface area contributed by atoms with Gasteiger partial charge in [-0.25, -0.2) is 4.98 Å². The van der Waals surface area contributed by atoms with Gasteiger partial charge in [0.15, 0.2) is 0 Å². The molecule has 4 rings (SSSR count). The highest BCUT2D eigenvalue weighted by Gasteiger charge is 2.31. The van der Waals surface area contributed by atoms with Crippen molar-refractivity contribution in [1.82, 2.24) is 10.3 Å². The summed E-state index contributed by atoms with van der Waals surface area (Å²) in [6.45, 7) is 3.02. The quantitative estimate of drug-likeness (QED) is 0.631. The molecule has 132 valence electrons. The molecule has 0 aliphatic carbocycles. The molecule has 3 nitrogen and oxygen atoms in total. The fraction of sp³-hybridized carbons (Fsp3) is 0.353. The van der Waals surface area contributed by atoms with Crippen LogP contribution in [0.2, 0.25) is 0 Å². The Morgan fingerprint density at radius 3 is 2.80 bits per heavy atom. The molecule has 2 aromatic heterocycles. The second-order valence-electron chi connectivity index (χ2n) is 6.02. The second-order valence-corrected chi connectivity index (χ2v) is 8.11. The average molecular weight is 383 g/mol. The van der Waals surface area contributed by atoms with Crippen LogP contribution in [-0.2, 0) is 12.6 Å². The number of thiazole rings is 1. The minimum absolute atomic E-state index is 0.279. The number of thiophene rings is 1. The van der Waals surface area contributed by atoms with E-state index in [2.05, 4.69) is 22.5 Å². The van der Waals surface area contributed by atoms with Crippen molar-refractivity contribution in [3.05, 3.63) is 34.2 Å². The van der Waals surface area contributed by atoms with E-state index in [0.717, 1.165) is 45.4 Å². The average Bonchev–Trinajstić information content (AvgIpc) is 3.14. The molecule has 0 radical (unpaired) electrons. The van der Waals surface area contributed by atoms with Crippen molar-refractivity contribution < 1.29 is 13.2 Å². The van der Waals surface area contributed by atoms with Gasteiger partial charge in [-0.05, 0) is 43.7 Å². The van der Waals surface area contributed by atoms with E-state index in [0.29, 0.717) is 5.52 Å². The van der Waals surface area contributed by atoms with Gasteiger partial charge in [0.1, 0.15) is 5.01 Å². The van der Waals surface area contributed by atoms with Crippen LogP contribution in [0.15, 0.2) is 18.2 Å². The number of hydrogen-bond donors (Lipinski definition) is 2. The number of rotatable bonds is 2. The summed E-state index contributed by atoms with van der Waals surface area (Å²) >= 11 is 3.14. The summed E-state index contributed by atoms with van der Waals surface area (Å²) < 4.78 is 39.6. The van der Waals surface area contributed by atoms with E-state index < -0.39 is 11.7 Å². The standard InChI is InChI=1S/C17H16F3N3S2/c1-8-14-10(5-6-22-8)13(15(21-2)25-14)16-23-11-7-9(17(18,19)20)3-4-12(11)24-16/h3-4,7-8,21-22H,5-6H2,1-2H3. The number of halogens is 3. The fourth-order valence-corrected chi connectivity index (χ4v) is 5.52. The van der Waals surface area contributed by atoms with Gasteiger partial charge in [-0.2, -0.15) is 13.2 Å². The molecule has 0 spiro atoms. The first-order valence-electron chi connectivity index (χ1n) is 7.93. The number of hydrogen-bond acceptors (Lipinski definition) is 5. The smallest absolute Gasteiger partial charge is 0.379 e. The summed E-state index contributed by atoms with van der Waals surface area (Å²) in [4.78, 5) is 5.81. The van der Waals surface area contributed by atoms with E-state index in [-0.39, 0.29) is 6.04 Å². The van der Waals surface area contributed by atoms with Crippen LogP contribution in [0.4, 0.5) is 18.2 Å². The lowest BCUT2D eigenvalue weighted by molar-refractivity contribution is -0.137. The highest BCUT2D eigenvalue weighted by Crippen LogP contribution is 2.47. The minimum atomic E-state index is -4.35. The third kappa shape index (κ3) is 2.82. The lowest BCUT2D eigenvalue weighted by Gasteiger charge is -2.20. The molecular formula is C17H16F3N3S2. The molecule has 1 atom stereocenters. The summed E-state index contributed by atoms with van der Waals surface area (Å²) in [7, 11) is 1.87. The molecule has 3 heterocycles. The molecule has 2 N–H and O–H groups in total. The van der Waals surface area contributed by atoms with Gasteiger partial charge in [0.25, 0.3) is 0 Å². The molecule has 8 heteroatoms. The van der Waals surface area contributed by atoms with Crippen LogP contribution in [0.3, 0.4) is 0 Å². The summed E-state index contributed by atoms with van der Waals surface area (Å²) in [5.74, 6) is 0. The lowest BCUT2D eigenvalue weighted by Crippen LogP contribution is -2.26. The lowest BCUT2D eigenvalue weighted by atomic mass is 10.0. The first-order valence-corrected chi connectivity index (χ1v) is 9.56. The van der Waals surface area contributed by atoms with Gasteiger partial charge in [-0.1, -0.05) is 0 Å². The van der Waals surface area contributed by atoms with Crippen molar-refractivity contribution in [1.29, 1.82) is 0 Å². The zero-order valence-corrected chi connectivity index (χ0v) is 15.3. The molecule has 3 aromatic rings. The number of benzene rings is 1. The number of nitrogens with one attached hydrogen (secondary N) is 2. The highest BCUT2D eigenvalue weighted by atomic mass is 32.1. The summed E-state index contributed by atoms with van der Waals surface area (Å²) in [6, 6.07) is 4.05. The van der Waals surface area contributed by atoms with Gasteiger partial charge in [0.2, 0.25) is 0 Å². The van der Waals surface area contributed by atoms with Gasteiger partial charge in [0, 0.05) is 23.5 Å². The molecule has 0 saturated carbocycles. The molecule has 25 heavy (non-hydrogen) atoms. The summed E-state index contributed by atoms with van der Waals surface area (Å²) in [5, 5.41) is 8.48. The molecule has 0 bridgehead atoms. The summed E-state index contributed by atoms with van der Waals surface area (Å²) in [5.41, 5.74) is 2.05. The fourth-order valence-electron chi connectivity index (χ4n) is 3.20. The molecule has 0 fully saturated rings. The Morgan fingerprint density at radius 1 is 1.28 bits per heavy atom. The Morgan fingerprint density at radius 2 is 2.08 bits per heavy atom. The number of aromatic nitrogens is 1. The number of nitrogens with zero attached hydrogens (tertiary/aromatic N) is 1. The van der Waals surface area contributed by atoms with Crippen LogP contribution in [0.25, 0.3) is 20.8 Å². The Hall–Kier alpha value is -1.64. The third-order valence-electron chi connectivity index (χ3n) is 4.41. The number of fused-ring (bicyclic) bond motifs is 2. The van der Waals surface area contributed by atoms with E-state index in [9.17, 15) is 13.2 Å². The Kier molecular flexibility index (Phi) is 4.01. The Balaban J connectivity index is 1.87. The Bertz CT molecular complexity index is 943. The molecule has 1 aliphatic rings. The number of anilines is 1. The normalized spacial score (nSPS) is 17.7. The number of alkyl halides is 3. The van der Waals surface area contributed by atoms with Crippen molar-refractivity contribution in [3.63, 3.8) is 0 Å². The summed E-state index contributed by atoms with van der Waals surface area (Å²) in [6.07, 6.45) is -3.45. The molecule has 0 saturated heterocycles. The predicted molar refractivity (Wildman–Crippen MR) is 97.6 cm³/mol. The van der Waals surface area contributed by atoms with Crippen molar-refractivity contribution in [2.24, 2.45) is 0 Å². The van der Waals surface area contributed by atoms with Crippen LogP contribution in [-0.4, -0.2) is 18.6 Å². The minimum Gasteiger partial charge on any atom is -0.379 e. The van der Waals surface area contributed by atoms with Crippen LogP contribution in [0, 0.1) is 0 Å². The zero-order valence-electron chi connectivity index (χ0n) is 13.6. The second kappa shape index (κ2) is 5.96. The van der Waals surface area contributed by atoms with Gasteiger partial charge in [-0.15, -0.1) is 22.7 Å². The predicted octanol–water partition coefficient (Wildman–Crippen LogP) is 5.29. The van der Waals surface area contributed by atoms with E-state index in [4.69, 9.17) is 0 Å². The molecule has 1 aromatic carbocycles. The van der Waals surface area contributed by atoms with Crippen LogP contribution in [0.5, 0.6) is 0 Å². The maximum Gasteiger partial charge on any atom is 0.416 e. The molecule has 0 amide bonds. The Labute approximate surface area is 150 Å². The van der Waals surface area contributed by atoms with Crippen molar-refractivity contribution in [2.45, 2.75) is 25.6 Å². The molecule has 1 unspecified atom stereocenters. The van der Waals surface area contributed by atoms with Crippen molar-refractivity contribution in [3.8, 4) is 10.6 Å². The van der Waals surface area contributed by atoms with Gasteiger partial charge in [-0.3, -0.25) is 0 Å². The third-order valence-corrected chi connectivity index (χ3v) is 6.90. The highest BCUT2D eigenvalue weighted by molar-refractivity contribution is 7.22. The molecular weight excluding hydrogens is 367 g/mol. The van der Waals surface area contributed by atoms with E-state index >= 15 is 0 Å². The van der Waals surface area contributed by atoms with E-state index in [1.165, 1.54) is 27.8 Å². The molecule has 1 aliphatic heterocycles. The van der Waals surface area contributed by atoms with Crippen molar-refractivity contribution in [2.75, 3.05) is 18.9 Å². The largest absolute Gasteiger partial charge is 0.416 e. The van der Waals surface area contributed by atoms with Crippen molar-refractivity contribution >= 4 is 37.9 Å². The van der Waals surface area contributed by atoms with E-state index in [1.807, 2.05) is 7.05 Å². The first-order chi connectivity index (χ1) is 11.9. The maximum absolute atomic E-state index is 12.9. The van der Waals surface area contributed by atoms with Gasteiger partial charge >= 0.3 is 6.18 Å². The monoisotopic (exact) mass is 383 g/mol. The van der Waals surface area contributed by atoms with Crippen LogP contribution < -0.4 is 10.6 Å². The zero-order chi connectivity index (χ0) is 17.8. The topological polar surface area (TPSA) is 37.0 Å². The van der Waals surface area contributed by atoms with Crippen LogP contribution in [0.1, 0.15) is 29.0 Å². The van der Waals surface area contributed by atoms with E-state index in [1.54, 1.807) is 11.3 Å². The van der Waals surface area contributed by atoms with Gasteiger partial charge < -0.3 is 10.6 Å². The van der Waals surface area contributed by atoms with Gasteiger partial charge in [0.05, 0.1) is 20.8 Å². The maximum atomic E-state index is 12.9. The van der Waals surface area contributed by atoms with Crippen LogP contribution >= 0.6 is 22.7 Å². The first kappa shape index (κ1) is 16.8.